The smallest absolute Gasteiger partial charge is 0.317 e. The minimum atomic E-state index is -0.375. The number of para-hydroxylation sites is 1. The van der Waals surface area contributed by atoms with Crippen LogP contribution in [0.4, 0.5) is 16.3 Å². The van der Waals surface area contributed by atoms with Crippen LogP contribution in [0.15, 0.2) is 71.4 Å². The molecule has 214 valence electrons. The van der Waals surface area contributed by atoms with E-state index in [9.17, 15) is 9.59 Å². The fourth-order valence-electron chi connectivity index (χ4n) is 5.44. The number of nitrogens with zero attached hydrogens (tertiary/aromatic N) is 2. The number of nitrogens with one attached hydrogen (secondary N) is 3. The van der Waals surface area contributed by atoms with Crippen LogP contribution in [0, 0.1) is 12.8 Å². The van der Waals surface area contributed by atoms with Gasteiger partial charge in [-0.25, -0.2) is 9.48 Å². The summed E-state index contributed by atoms with van der Waals surface area (Å²) in [4.78, 5) is 27.3. The number of Topliss-reactive ketones (excluding diaryl/α,β-unsaturated/α-hetero) is 1. The van der Waals surface area contributed by atoms with Gasteiger partial charge in [-0.2, -0.15) is 16.4 Å². The van der Waals surface area contributed by atoms with Gasteiger partial charge in [-0.05, 0) is 84.9 Å². The topological polar surface area (TPSA) is 88.1 Å². The fourth-order valence-corrected chi connectivity index (χ4v) is 6.11. The maximum Gasteiger partial charge on any atom is 0.324 e. The van der Waals surface area contributed by atoms with E-state index in [1.165, 1.54) is 0 Å². The van der Waals surface area contributed by atoms with Crippen LogP contribution in [-0.2, 0) is 16.6 Å². The number of ketones is 1. The highest BCUT2D eigenvalue weighted by molar-refractivity contribution is 7.08. The van der Waals surface area contributed by atoms with Crippen LogP contribution in [0.3, 0.4) is 0 Å². The quantitative estimate of drug-likeness (QED) is 0.212. The third-order valence-electron chi connectivity index (χ3n) is 7.70. The molecule has 5 rings (SSSR count). The summed E-state index contributed by atoms with van der Waals surface area (Å²) in [5.41, 5.74) is 5.27. The number of piperidine rings is 1. The molecule has 4 aromatic rings. The average molecular weight is 570 g/mol. The first-order valence-corrected chi connectivity index (χ1v) is 15.2. The number of amides is 2. The van der Waals surface area contributed by atoms with Crippen molar-refractivity contribution in [2.45, 2.75) is 58.3 Å². The highest BCUT2D eigenvalue weighted by Gasteiger charge is 2.33. The third kappa shape index (κ3) is 6.94. The molecule has 1 unspecified atom stereocenters. The molecule has 8 heteroatoms. The van der Waals surface area contributed by atoms with E-state index in [1.54, 1.807) is 16.0 Å². The number of carbonyl (C=O) groups is 2. The Balaban J connectivity index is 1.42. The highest BCUT2D eigenvalue weighted by Crippen LogP contribution is 2.37. The van der Waals surface area contributed by atoms with Crippen LogP contribution in [0.2, 0.25) is 0 Å². The van der Waals surface area contributed by atoms with Gasteiger partial charge < -0.3 is 10.6 Å². The molecule has 0 saturated carbocycles. The van der Waals surface area contributed by atoms with Crippen molar-refractivity contribution in [1.82, 2.24) is 15.1 Å². The molecule has 2 aromatic carbocycles. The number of carbonyl (C=O) groups excluding carboxylic acids is 2. The summed E-state index contributed by atoms with van der Waals surface area (Å²) >= 11 is 1.61. The summed E-state index contributed by atoms with van der Waals surface area (Å²) in [6.07, 6.45) is 2.24. The molecule has 1 saturated heterocycles. The van der Waals surface area contributed by atoms with Crippen LogP contribution < -0.4 is 16.0 Å². The van der Waals surface area contributed by atoms with Crippen molar-refractivity contribution in [3.8, 4) is 5.69 Å². The number of benzene rings is 2. The van der Waals surface area contributed by atoms with E-state index in [-0.39, 0.29) is 29.1 Å². The Morgan fingerprint density at radius 1 is 1.05 bits per heavy atom. The van der Waals surface area contributed by atoms with Crippen molar-refractivity contribution in [2.75, 3.05) is 23.7 Å². The number of rotatable bonds is 8. The maximum atomic E-state index is 13.8. The molecular formula is C33H39N5O2S. The average Bonchev–Trinajstić information content (AvgIpc) is 3.61. The van der Waals surface area contributed by atoms with E-state index < -0.39 is 0 Å². The monoisotopic (exact) mass is 569 g/mol. The van der Waals surface area contributed by atoms with E-state index in [0.29, 0.717) is 17.9 Å². The molecule has 1 atom stereocenters. The van der Waals surface area contributed by atoms with Crippen molar-refractivity contribution in [1.29, 1.82) is 0 Å². The van der Waals surface area contributed by atoms with E-state index in [4.69, 9.17) is 5.10 Å². The number of urea groups is 1. The Kier molecular flexibility index (Phi) is 8.71. The van der Waals surface area contributed by atoms with E-state index in [2.05, 4.69) is 36.7 Å². The third-order valence-corrected chi connectivity index (χ3v) is 8.43. The van der Waals surface area contributed by atoms with Crippen molar-refractivity contribution >= 4 is 34.7 Å². The van der Waals surface area contributed by atoms with Gasteiger partial charge in [0.2, 0.25) is 0 Å². The standard InChI is InChI=1S/C33H39N5O2S/c1-22-9-11-25(12-10-22)38-30(20-29(37-38)33(2,3)4)36-32(40)35-27-8-6-5-7-26(27)31(24-13-16-34-17-14-24)28(39)19-23-15-18-41-21-23/h5-12,15,18,20-21,24,31,34H,13-14,16-17,19H2,1-4H3,(H2,35,36,40). The number of aryl methyl sites for hydroxylation is 1. The Bertz CT molecular complexity index is 1480. The Morgan fingerprint density at radius 2 is 1.78 bits per heavy atom. The zero-order valence-corrected chi connectivity index (χ0v) is 25.1. The van der Waals surface area contributed by atoms with E-state index in [0.717, 1.165) is 54.0 Å². The Labute approximate surface area is 246 Å². The lowest BCUT2D eigenvalue weighted by molar-refractivity contribution is -0.121. The van der Waals surface area contributed by atoms with Crippen molar-refractivity contribution in [2.24, 2.45) is 5.92 Å². The summed E-state index contributed by atoms with van der Waals surface area (Å²) < 4.78 is 1.77. The van der Waals surface area contributed by atoms with E-state index >= 15 is 0 Å². The lowest BCUT2D eigenvalue weighted by atomic mass is 9.76. The molecule has 2 amide bonds. The number of hydrogen-bond acceptors (Lipinski definition) is 5. The van der Waals surface area contributed by atoms with Gasteiger partial charge in [-0.3, -0.25) is 10.1 Å². The summed E-state index contributed by atoms with van der Waals surface area (Å²) in [6.45, 7) is 10.1. The molecule has 41 heavy (non-hydrogen) atoms. The normalized spacial score (nSPS) is 14.9. The van der Waals surface area contributed by atoms with Gasteiger partial charge in [-0.15, -0.1) is 0 Å². The number of anilines is 2. The summed E-state index contributed by atoms with van der Waals surface area (Å²) in [7, 11) is 0. The Hall–Kier alpha value is -3.75. The maximum absolute atomic E-state index is 13.8. The van der Waals surface area contributed by atoms with Gasteiger partial charge in [-0.1, -0.05) is 56.7 Å². The molecule has 0 spiro atoms. The van der Waals surface area contributed by atoms with Crippen LogP contribution in [0.25, 0.3) is 5.69 Å². The number of aromatic nitrogens is 2. The van der Waals surface area contributed by atoms with E-state index in [1.807, 2.05) is 78.3 Å². The fraction of sp³-hybridized carbons (Fsp3) is 0.364. The van der Waals surface area contributed by atoms with Crippen LogP contribution in [0.1, 0.15) is 61.9 Å². The molecule has 3 N–H and O–H groups in total. The number of thiophene rings is 1. The first-order valence-electron chi connectivity index (χ1n) is 14.3. The first kappa shape index (κ1) is 28.8. The molecule has 1 aliphatic rings. The zero-order valence-electron chi connectivity index (χ0n) is 24.2. The van der Waals surface area contributed by atoms with Crippen LogP contribution >= 0.6 is 11.3 Å². The molecule has 7 nitrogen and oxygen atoms in total. The summed E-state index contributed by atoms with van der Waals surface area (Å²) in [5.74, 6) is 0.694. The summed E-state index contributed by atoms with van der Waals surface area (Å²) in [6, 6.07) is 19.3. The Morgan fingerprint density at radius 3 is 2.46 bits per heavy atom. The molecule has 1 fully saturated rings. The minimum absolute atomic E-state index is 0.192. The predicted octanol–water partition coefficient (Wildman–Crippen LogP) is 7.08. The van der Waals surface area contributed by atoms with Gasteiger partial charge in [0.05, 0.1) is 11.4 Å². The molecule has 0 bridgehead atoms. The first-order chi connectivity index (χ1) is 19.7. The molecule has 3 heterocycles. The lowest BCUT2D eigenvalue weighted by Crippen LogP contribution is -2.34. The molecule has 2 aromatic heterocycles. The predicted molar refractivity (Wildman–Crippen MR) is 167 cm³/mol. The van der Waals surface area contributed by atoms with Gasteiger partial charge in [0.1, 0.15) is 11.6 Å². The van der Waals surface area contributed by atoms with Gasteiger partial charge in [0, 0.05) is 29.5 Å². The van der Waals surface area contributed by atoms with Crippen LogP contribution in [0.5, 0.6) is 0 Å². The second-order valence-corrected chi connectivity index (χ2v) is 12.7. The van der Waals surface area contributed by atoms with Gasteiger partial charge in [0.25, 0.3) is 0 Å². The largest absolute Gasteiger partial charge is 0.324 e. The zero-order chi connectivity index (χ0) is 29.0. The summed E-state index contributed by atoms with van der Waals surface area (Å²) in [5, 5.41) is 18.4. The van der Waals surface area contributed by atoms with Gasteiger partial charge in [0.15, 0.2) is 0 Å². The van der Waals surface area contributed by atoms with Crippen molar-refractivity contribution in [3.05, 3.63) is 93.8 Å². The highest BCUT2D eigenvalue weighted by atomic mass is 32.1. The van der Waals surface area contributed by atoms with Gasteiger partial charge >= 0.3 is 6.03 Å². The molecule has 0 radical (unpaired) electrons. The van der Waals surface area contributed by atoms with Crippen LogP contribution in [-0.4, -0.2) is 34.7 Å². The SMILES string of the molecule is Cc1ccc(-n2nc(C(C)(C)C)cc2NC(=O)Nc2ccccc2C(C(=O)Cc2ccsc2)C2CCNCC2)cc1. The second-order valence-electron chi connectivity index (χ2n) is 11.9. The molecule has 0 aliphatic carbocycles. The lowest BCUT2D eigenvalue weighted by Gasteiger charge is -2.31. The van der Waals surface area contributed by atoms with Crippen molar-refractivity contribution in [3.63, 3.8) is 0 Å². The molecule has 1 aliphatic heterocycles. The minimum Gasteiger partial charge on any atom is -0.317 e. The number of hydrogen-bond donors (Lipinski definition) is 3. The second kappa shape index (κ2) is 12.4. The molecular weight excluding hydrogens is 530 g/mol. The van der Waals surface area contributed by atoms with Crippen molar-refractivity contribution < 1.29 is 9.59 Å².